The predicted molar refractivity (Wildman–Crippen MR) is 175 cm³/mol. The summed E-state index contributed by atoms with van der Waals surface area (Å²) in [5, 5.41) is 21.5. The van der Waals surface area contributed by atoms with Crippen LogP contribution in [0.2, 0.25) is 0 Å². The van der Waals surface area contributed by atoms with Crippen molar-refractivity contribution < 1.29 is 0 Å². The molecule has 0 saturated heterocycles. The van der Waals surface area contributed by atoms with E-state index in [1.165, 1.54) is 22.7 Å². The number of nitrogens with zero attached hydrogens (tertiary/aromatic N) is 8. The molecule has 0 amide bonds. The van der Waals surface area contributed by atoms with E-state index in [9.17, 15) is 0 Å². The molecule has 0 unspecified atom stereocenters. The molecule has 0 bridgehead atoms. The van der Waals surface area contributed by atoms with E-state index >= 15 is 0 Å². The van der Waals surface area contributed by atoms with Crippen LogP contribution in [0.4, 0.5) is 0 Å². The largest absolute Gasteiger partial charge is 0.245 e. The van der Waals surface area contributed by atoms with Gasteiger partial charge in [-0.1, -0.05) is 95.5 Å². The second-order valence-electron chi connectivity index (χ2n) is 9.81. The van der Waals surface area contributed by atoms with Crippen molar-refractivity contribution in [1.29, 1.82) is 0 Å². The molecule has 44 heavy (non-hydrogen) atoms. The second kappa shape index (κ2) is 11.3. The first kappa shape index (κ1) is 26.1. The highest BCUT2D eigenvalue weighted by Gasteiger charge is 2.15. The minimum Gasteiger partial charge on any atom is -0.245 e. The van der Waals surface area contributed by atoms with E-state index < -0.39 is 0 Å². The topological polar surface area (TPSA) is 103 Å². The van der Waals surface area contributed by atoms with Crippen molar-refractivity contribution in [3.05, 3.63) is 121 Å². The Morgan fingerprint density at radius 3 is 1.14 bits per heavy atom. The molecular formula is C34H20N8S2. The van der Waals surface area contributed by atoms with E-state index in [0.717, 1.165) is 49.3 Å². The standard InChI is InChI=1S/C34H20N8S2/c1-3-9-21(10-4-1)24-13-7-15-26(35-24)31-39-41-33(43-31)28-19-17-23-18-20-29(38-30(23)37-28)34-42-40-32(44-34)27-16-8-14-25(36-27)22-11-5-2-6-12-22/h1-20H. The first-order chi connectivity index (χ1) is 21.8. The Morgan fingerprint density at radius 1 is 0.318 bits per heavy atom. The van der Waals surface area contributed by atoms with Crippen LogP contribution in [0.15, 0.2) is 121 Å². The molecule has 8 nitrogen and oxygen atoms in total. The molecule has 0 N–H and O–H groups in total. The van der Waals surface area contributed by atoms with Gasteiger partial charge in [-0.15, -0.1) is 20.4 Å². The van der Waals surface area contributed by atoms with Gasteiger partial charge >= 0.3 is 0 Å². The second-order valence-corrected chi connectivity index (χ2v) is 11.8. The van der Waals surface area contributed by atoms with Gasteiger partial charge in [-0.2, -0.15) is 0 Å². The van der Waals surface area contributed by atoms with Gasteiger partial charge < -0.3 is 0 Å². The summed E-state index contributed by atoms with van der Waals surface area (Å²) in [5.74, 6) is 0. The fourth-order valence-electron chi connectivity index (χ4n) is 4.74. The Morgan fingerprint density at radius 2 is 0.705 bits per heavy atom. The molecule has 0 spiro atoms. The van der Waals surface area contributed by atoms with Gasteiger partial charge in [0.05, 0.1) is 11.4 Å². The molecule has 0 aliphatic carbocycles. The average molecular weight is 605 g/mol. The SMILES string of the molecule is c1ccc(-c2cccc(-c3nnc(-c4ccc5ccc(-c6nnc(-c7cccc(-c8ccccc8)n7)s6)nc5n4)s3)n2)cc1. The molecule has 0 aliphatic heterocycles. The van der Waals surface area contributed by atoms with Crippen LogP contribution in [0.3, 0.4) is 0 Å². The third-order valence-electron chi connectivity index (χ3n) is 6.92. The fraction of sp³-hybridized carbons (Fsp3) is 0. The molecule has 6 aromatic heterocycles. The van der Waals surface area contributed by atoms with Gasteiger partial charge in [0.15, 0.2) is 25.7 Å². The number of aromatic nitrogens is 8. The zero-order chi connectivity index (χ0) is 29.3. The van der Waals surface area contributed by atoms with E-state index in [1.54, 1.807) is 0 Å². The smallest absolute Gasteiger partial charge is 0.166 e. The van der Waals surface area contributed by atoms with Crippen molar-refractivity contribution in [3.8, 4) is 65.3 Å². The zero-order valence-electron chi connectivity index (χ0n) is 22.9. The Kier molecular flexibility index (Phi) is 6.67. The molecule has 2 aromatic carbocycles. The molecule has 0 saturated carbocycles. The maximum Gasteiger partial charge on any atom is 0.166 e. The van der Waals surface area contributed by atoms with Gasteiger partial charge in [0.25, 0.3) is 0 Å². The van der Waals surface area contributed by atoms with Crippen molar-refractivity contribution in [2.24, 2.45) is 0 Å². The molecule has 10 heteroatoms. The molecular weight excluding hydrogens is 585 g/mol. The normalized spacial score (nSPS) is 11.2. The first-order valence-electron chi connectivity index (χ1n) is 13.8. The Hall–Kier alpha value is -5.58. The molecule has 8 rings (SSSR count). The monoisotopic (exact) mass is 604 g/mol. The van der Waals surface area contributed by atoms with Crippen molar-refractivity contribution in [3.63, 3.8) is 0 Å². The van der Waals surface area contributed by atoms with Crippen LogP contribution in [-0.4, -0.2) is 40.3 Å². The highest BCUT2D eigenvalue weighted by Crippen LogP contribution is 2.32. The van der Waals surface area contributed by atoms with Crippen LogP contribution >= 0.6 is 22.7 Å². The molecule has 8 aromatic rings. The van der Waals surface area contributed by atoms with Crippen molar-refractivity contribution in [2.45, 2.75) is 0 Å². The van der Waals surface area contributed by atoms with Gasteiger partial charge in [0, 0.05) is 16.5 Å². The molecule has 0 atom stereocenters. The van der Waals surface area contributed by atoms with E-state index in [0.29, 0.717) is 27.1 Å². The Balaban J connectivity index is 1.08. The summed E-state index contributed by atoms with van der Waals surface area (Å²) in [4.78, 5) is 19.3. The maximum atomic E-state index is 4.83. The number of hydrogen-bond acceptors (Lipinski definition) is 10. The molecule has 0 radical (unpaired) electrons. The van der Waals surface area contributed by atoms with Crippen molar-refractivity contribution in [2.75, 3.05) is 0 Å². The number of benzene rings is 2. The van der Waals surface area contributed by atoms with Gasteiger partial charge in [-0.25, -0.2) is 19.9 Å². The summed E-state index contributed by atoms with van der Waals surface area (Å²) in [6.45, 7) is 0. The van der Waals surface area contributed by atoms with E-state index in [2.05, 4.69) is 20.4 Å². The number of pyridine rings is 4. The minimum atomic E-state index is 0.599. The summed E-state index contributed by atoms with van der Waals surface area (Å²) in [7, 11) is 0. The number of rotatable bonds is 6. The van der Waals surface area contributed by atoms with Crippen molar-refractivity contribution >= 4 is 33.7 Å². The quantitative estimate of drug-likeness (QED) is 0.187. The lowest BCUT2D eigenvalue weighted by atomic mass is 10.1. The summed E-state index contributed by atoms with van der Waals surface area (Å²) >= 11 is 2.90. The van der Waals surface area contributed by atoms with E-state index in [1.807, 2.05) is 121 Å². The Bertz CT molecular complexity index is 2090. The van der Waals surface area contributed by atoms with E-state index in [-0.39, 0.29) is 0 Å². The lowest BCUT2D eigenvalue weighted by Crippen LogP contribution is -1.90. The molecule has 0 aliphatic rings. The predicted octanol–water partition coefficient (Wildman–Crippen LogP) is 8.12. The maximum absolute atomic E-state index is 4.83. The van der Waals surface area contributed by atoms with Crippen LogP contribution < -0.4 is 0 Å². The van der Waals surface area contributed by atoms with Gasteiger partial charge in [0.2, 0.25) is 0 Å². The van der Waals surface area contributed by atoms with Crippen LogP contribution in [-0.2, 0) is 0 Å². The number of hydrogen-bond donors (Lipinski definition) is 0. The summed E-state index contributed by atoms with van der Waals surface area (Å²) in [5.41, 5.74) is 7.42. The zero-order valence-corrected chi connectivity index (χ0v) is 24.6. The number of fused-ring (bicyclic) bond motifs is 1. The highest BCUT2D eigenvalue weighted by molar-refractivity contribution is 7.18. The highest BCUT2D eigenvalue weighted by atomic mass is 32.1. The third-order valence-corrected chi connectivity index (χ3v) is 8.85. The molecule has 208 valence electrons. The summed E-state index contributed by atoms with van der Waals surface area (Å²) in [6.07, 6.45) is 0. The first-order valence-corrected chi connectivity index (χ1v) is 15.4. The van der Waals surface area contributed by atoms with E-state index in [4.69, 9.17) is 19.9 Å². The van der Waals surface area contributed by atoms with Crippen LogP contribution in [0.5, 0.6) is 0 Å². The fourth-order valence-corrected chi connectivity index (χ4v) is 6.31. The van der Waals surface area contributed by atoms with Gasteiger partial charge in [-0.05, 0) is 48.5 Å². The summed E-state index contributed by atoms with van der Waals surface area (Å²) < 4.78 is 0. The van der Waals surface area contributed by atoms with Crippen LogP contribution in [0.1, 0.15) is 0 Å². The summed E-state index contributed by atoms with van der Waals surface area (Å²) in [6, 6.07) is 39.9. The lowest BCUT2D eigenvalue weighted by Gasteiger charge is -2.02. The van der Waals surface area contributed by atoms with Crippen LogP contribution in [0.25, 0.3) is 76.4 Å². The molecule has 6 heterocycles. The third kappa shape index (κ3) is 5.13. The van der Waals surface area contributed by atoms with Crippen LogP contribution in [0, 0.1) is 0 Å². The van der Waals surface area contributed by atoms with Gasteiger partial charge in [-0.3, -0.25) is 0 Å². The lowest BCUT2D eigenvalue weighted by molar-refractivity contribution is 1.08. The van der Waals surface area contributed by atoms with Gasteiger partial charge in [0.1, 0.15) is 22.8 Å². The minimum absolute atomic E-state index is 0.599. The molecule has 0 fully saturated rings. The average Bonchev–Trinajstić information content (AvgIpc) is 3.80. The Labute approximate surface area is 259 Å². The van der Waals surface area contributed by atoms with Crippen molar-refractivity contribution in [1.82, 2.24) is 40.3 Å².